The van der Waals surface area contributed by atoms with Crippen molar-refractivity contribution in [2.24, 2.45) is 0 Å². The van der Waals surface area contributed by atoms with E-state index in [-0.39, 0.29) is 35.3 Å². The van der Waals surface area contributed by atoms with Gasteiger partial charge in [0.05, 0.1) is 17.2 Å². The molecule has 1 aliphatic rings. The number of carbonyl (C=O) groups excluding carboxylic acids is 1. The molecule has 0 heterocycles. The largest absolute Gasteiger partial charge is 0.490 e. The van der Waals surface area contributed by atoms with Gasteiger partial charge in [0.1, 0.15) is 23.9 Å². The van der Waals surface area contributed by atoms with Gasteiger partial charge in [0.2, 0.25) is 0 Å². The Morgan fingerprint density at radius 1 is 1.07 bits per heavy atom. The van der Waals surface area contributed by atoms with Gasteiger partial charge in [-0.3, -0.25) is 4.79 Å². The molecule has 144 valence electrons. The Morgan fingerprint density at radius 3 is 2.44 bits per heavy atom. The van der Waals surface area contributed by atoms with Gasteiger partial charge in [0.25, 0.3) is 0 Å². The molecule has 3 nitrogen and oxygen atoms in total. The Balaban J connectivity index is 1.75. The van der Waals surface area contributed by atoms with Crippen LogP contribution in [0.3, 0.4) is 0 Å². The Bertz CT molecular complexity index is 811. The summed E-state index contributed by atoms with van der Waals surface area (Å²) in [4.78, 5) is 10.6. The van der Waals surface area contributed by atoms with Crippen LogP contribution in [-0.2, 0) is 12.8 Å². The quantitative estimate of drug-likeness (QED) is 0.485. The monoisotopic (exact) mass is 382 g/mol. The first-order valence-electron chi connectivity index (χ1n) is 8.61. The second-order valence-corrected chi connectivity index (χ2v) is 6.44. The molecule has 1 fully saturated rings. The minimum absolute atomic E-state index is 0.116. The number of hydrogen-bond acceptors (Lipinski definition) is 3. The van der Waals surface area contributed by atoms with E-state index in [0.717, 1.165) is 37.8 Å². The average molecular weight is 382 g/mol. The second-order valence-electron chi connectivity index (χ2n) is 6.44. The van der Waals surface area contributed by atoms with Crippen molar-refractivity contribution in [2.75, 3.05) is 0 Å². The first kappa shape index (κ1) is 19.2. The molecular weight excluding hydrogens is 364 g/mol. The van der Waals surface area contributed by atoms with Gasteiger partial charge in [-0.15, -0.1) is 0 Å². The number of ether oxygens (including phenoxy) is 2. The molecule has 0 saturated heterocycles. The van der Waals surface area contributed by atoms with Gasteiger partial charge < -0.3 is 9.47 Å². The van der Waals surface area contributed by atoms with E-state index in [9.17, 15) is 22.4 Å². The van der Waals surface area contributed by atoms with Crippen LogP contribution >= 0.6 is 0 Å². The lowest BCUT2D eigenvalue weighted by molar-refractivity contribution is -0.139. The Labute approximate surface area is 153 Å². The lowest BCUT2D eigenvalue weighted by Crippen LogP contribution is -2.16. The van der Waals surface area contributed by atoms with E-state index in [1.807, 2.05) is 0 Å². The van der Waals surface area contributed by atoms with Crippen LogP contribution in [0.25, 0.3) is 0 Å². The maximum Gasteiger partial charge on any atom is 0.419 e. The average Bonchev–Trinajstić information content (AvgIpc) is 3.13. The molecule has 0 aliphatic heterocycles. The summed E-state index contributed by atoms with van der Waals surface area (Å²) < 4.78 is 64.7. The molecule has 2 aromatic carbocycles. The van der Waals surface area contributed by atoms with Crippen molar-refractivity contribution in [3.05, 3.63) is 58.9 Å². The van der Waals surface area contributed by atoms with Gasteiger partial charge >= 0.3 is 6.18 Å². The van der Waals surface area contributed by atoms with Gasteiger partial charge in [-0.25, -0.2) is 4.39 Å². The molecule has 0 atom stereocenters. The fraction of sp³-hybridized carbons (Fsp3) is 0.350. The number of aldehydes is 1. The fourth-order valence-corrected chi connectivity index (χ4v) is 3.04. The van der Waals surface area contributed by atoms with Gasteiger partial charge in [-0.1, -0.05) is 6.07 Å². The summed E-state index contributed by atoms with van der Waals surface area (Å²) in [5.74, 6) is -0.809. The molecule has 0 N–H and O–H groups in total. The van der Waals surface area contributed by atoms with E-state index in [1.165, 1.54) is 24.3 Å². The molecule has 0 unspecified atom stereocenters. The van der Waals surface area contributed by atoms with Crippen LogP contribution in [-0.4, -0.2) is 12.4 Å². The topological polar surface area (TPSA) is 35.5 Å². The predicted octanol–water partition coefficient (Wildman–Crippen LogP) is 5.56. The highest BCUT2D eigenvalue weighted by atomic mass is 19.4. The highest BCUT2D eigenvalue weighted by molar-refractivity contribution is 5.75. The van der Waals surface area contributed by atoms with Crippen LogP contribution in [0.4, 0.5) is 17.6 Å². The van der Waals surface area contributed by atoms with Crippen LogP contribution < -0.4 is 9.47 Å². The van der Waals surface area contributed by atoms with E-state index < -0.39 is 17.6 Å². The zero-order valence-corrected chi connectivity index (χ0v) is 14.4. The molecule has 1 saturated carbocycles. The molecule has 0 aromatic heterocycles. The lowest BCUT2D eigenvalue weighted by Gasteiger charge is -2.19. The first-order chi connectivity index (χ1) is 12.9. The zero-order chi connectivity index (χ0) is 19.4. The van der Waals surface area contributed by atoms with E-state index in [2.05, 4.69) is 0 Å². The van der Waals surface area contributed by atoms with E-state index in [4.69, 9.17) is 9.47 Å². The van der Waals surface area contributed by atoms with Crippen LogP contribution in [0.2, 0.25) is 0 Å². The van der Waals surface area contributed by atoms with Crippen LogP contribution in [0.15, 0.2) is 36.4 Å². The van der Waals surface area contributed by atoms with Crippen LogP contribution in [0.1, 0.15) is 47.2 Å². The molecular formula is C20H18F4O3. The summed E-state index contributed by atoms with van der Waals surface area (Å²) in [6, 6.07) is 7.43. The van der Waals surface area contributed by atoms with Gasteiger partial charge in [-0.05, 0) is 55.5 Å². The smallest absolute Gasteiger partial charge is 0.419 e. The minimum atomic E-state index is -4.55. The number of benzene rings is 2. The lowest BCUT2D eigenvalue weighted by atomic mass is 10.1. The highest BCUT2D eigenvalue weighted by Crippen LogP contribution is 2.38. The number of hydrogen-bond donors (Lipinski definition) is 0. The van der Waals surface area contributed by atoms with E-state index >= 15 is 0 Å². The maximum absolute atomic E-state index is 13.6. The second kappa shape index (κ2) is 7.98. The standard InChI is InChI=1S/C20H18F4O3/c21-18-10-16(7-6-14(18)11-25)26-12-13-5-8-19(17(9-13)20(22,23)24)27-15-3-1-2-4-15/h5-11,15H,1-4,12H2. The third-order valence-corrected chi connectivity index (χ3v) is 4.45. The number of rotatable bonds is 6. The van der Waals surface area contributed by atoms with Crippen molar-refractivity contribution in [1.29, 1.82) is 0 Å². The van der Waals surface area contributed by atoms with Crippen molar-refractivity contribution in [2.45, 2.75) is 44.6 Å². The fourth-order valence-electron chi connectivity index (χ4n) is 3.04. The summed E-state index contributed by atoms with van der Waals surface area (Å²) in [7, 11) is 0. The predicted molar refractivity (Wildman–Crippen MR) is 90.4 cm³/mol. The summed E-state index contributed by atoms with van der Waals surface area (Å²) in [5.41, 5.74) is -0.686. The molecule has 0 spiro atoms. The Kier molecular flexibility index (Phi) is 5.68. The van der Waals surface area contributed by atoms with Crippen LogP contribution in [0.5, 0.6) is 11.5 Å². The van der Waals surface area contributed by atoms with Crippen molar-refractivity contribution >= 4 is 6.29 Å². The Hall–Kier alpha value is -2.57. The summed E-state index contributed by atoms with van der Waals surface area (Å²) in [6.07, 6.45) is -0.948. The first-order valence-corrected chi connectivity index (χ1v) is 8.61. The Morgan fingerprint density at radius 2 is 1.81 bits per heavy atom. The SMILES string of the molecule is O=Cc1ccc(OCc2ccc(OC3CCCC3)c(C(F)(F)F)c2)cc1F. The van der Waals surface area contributed by atoms with Crippen molar-refractivity contribution in [3.8, 4) is 11.5 Å². The third-order valence-electron chi connectivity index (χ3n) is 4.45. The van der Waals surface area contributed by atoms with E-state index in [1.54, 1.807) is 0 Å². The van der Waals surface area contributed by atoms with Crippen molar-refractivity contribution in [3.63, 3.8) is 0 Å². The molecule has 0 bridgehead atoms. The number of carbonyl (C=O) groups is 1. The minimum Gasteiger partial charge on any atom is -0.490 e. The molecule has 7 heteroatoms. The number of halogens is 4. The van der Waals surface area contributed by atoms with Gasteiger partial charge in [-0.2, -0.15) is 13.2 Å². The molecule has 0 radical (unpaired) electrons. The zero-order valence-electron chi connectivity index (χ0n) is 14.4. The maximum atomic E-state index is 13.6. The molecule has 3 rings (SSSR count). The molecule has 2 aromatic rings. The molecule has 0 amide bonds. The number of alkyl halides is 3. The summed E-state index contributed by atoms with van der Waals surface area (Å²) in [6.45, 7) is -0.174. The highest BCUT2D eigenvalue weighted by Gasteiger charge is 2.35. The third kappa shape index (κ3) is 4.78. The van der Waals surface area contributed by atoms with Crippen LogP contribution in [0, 0.1) is 5.82 Å². The molecule has 27 heavy (non-hydrogen) atoms. The van der Waals surface area contributed by atoms with Gasteiger partial charge in [0, 0.05) is 6.07 Å². The van der Waals surface area contributed by atoms with Crippen molar-refractivity contribution < 1.29 is 31.8 Å². The summed E-state index contributed by atoms with van der Waals surface area (Å²) >= 11 is 0. The van der Waals surface area contributed by atoms with Crippen molar-refractivity contribution in [1.82, 2.24) is 0 Å². The van der Waals surface area contributed by atoms with Gasteiger partial charge in [0.15, 0.2) is 6.29 Å². The molecule has 1 aliphatic carbocycles. The van der Waals surface area contributed by atoms with E-state index in [0.29, 0.717) is 6.29 Å². The summed E-state index contributed by atoms with van der Waals surface area (Å²) in [5, 5.41) is 0. The normalized spacial score (nSPS) is 15.0.